The van der Waals surface area contributed by atoms with Gasteiger partial charge < -0.3 is 21.5 Å². The third-order valence-corrected chi connectivity index (χ3v) is 5.26. The van der Waals surface area contributed by atoms with Crippen LogP contribution in [0.4, 0.5) is 23.3 Å². The molecule has 5 N–H and O–H groups in total. The molecule has 0 aliphatic rings. The topological polar surface area (TPSA) is 219 Å². The molecule has 3 heterocycles. The summed E-state index contributed by atoms with van der Waals surface area (Å²) in [6, 6.07) is 9.25. The molecule has 0 aliphatic heterocycles. The molecule has 3 aromatic heterocycles. The summed E-state index contributed by atoms with van der Waals surface area (Å²) < 4.78 is 0. The molecular formula is C23H18Cl2N10O4. The van der Waals surface area contributed by atoms with Gasteiger partial charge in [-0.2, -0.15) is 5.26 Å². The lowest BCUT2D eigenvalue weighted by atomic mass is 10.1. The molecule has 0 atom stereocenters. The van der Waals surface area contributed by atoms with Crippen molar-refractivity contribution in [1.29, 1.82) is 5.26 Å². The monoisotopic (exact) mass is 568 g/mol. The Kier molecular flexibility index (Phi) is 9.79. The molecule has 0 aliphatic carbocycles. The van der Waals surface area contributed by atoms with Crippen molar-refractivity contribution in [3.63, 3.8) is 0 Å². The minimum Gasteiger partial charge on any atom is -0.478 e. The lowest BCUT2D eigenvalue weighted by Crippen LogP contribution is -2.17. The normalized spacial score (nSPS) is 9.97. The zero-order valence-electron chi connectivity index (χ0n) is 19.7. The maximum absolute atomic E-state index is 11.6. The summed E-state index contributed by atoms with van der Waals surface area (Å²) in [5.74, 6) is -0.847. The molecule has 0 radical (unpaired) electrons. The van der Waals surface area contributed by atoms with Crippen LogP contribution in [-0.2, 0) is 0 Å². The van der Waals surface area contributed by atoms with Gasteiger partial charge in [0.05, 0.1) is 21.2 Å². The SMILES string of the molecule is N#Cc1cncnc1.Nc1nc(NCCNc2ncc(C(=O)O)c(-c3ccc(Cl)cc3Cl)n2)ccc1[N+](=O)[O-]. The van der Waals surface area contributed by atoms with Gasteiger partial charge in [0, 0.05) is 48.3 Å². The second-order valence-electron chi connectivity index (χ2n) is 7.34. The molecule has 0 bridgehead atoms. The van der Waals surface area contributed by atoms with Crippen LogP contribution in [0.25, 0.3) is 11.3 Å². The lowest BCUT2D eigenvalue weighted by Gasteiger charge is -2.11. The first-order chi connectivity index (χ1) is 18.7. The van der Waals surface area contributed by atoms with Gasteiger partial charge in [0.1, 0.15) is 23.8 Å². The van der Waals surface area contributed by atoms with Crippen molar-refractivity contribution in [2.24, 2.45) is 0 Å². The number of nitrogen functional groups attached to an aromatic ring is 1. The van der Waals surface area contributed by atoms with Gasteiger partial charge in [-0.1, -0.05) is 23.2 Å². The van der Waals surface area contributed by atoms with Crippen LogP contribution in [0.1, 0.15) is 15.9 Å². The Morgan fingerprint density at radius 1 is 1.10 bits per heavy atom. The minimum absolute atomic E-state index is 0.113. The highest BCUT2D eigenvalue weighted by Gasteiger charge is 2.18. The van der Waals surface area contributed by atoms with Gasteiger partial charge in [-0.05, 0) is 24.3 Å². The quantitative estimate of drug-likeness (QED) is 0.135. The van der Waals surface area contributed by atoms with Crippen molar-refractivity contribution in [3.05, 3.63) is 86.5 Å². The second kappa shape index (κ2) is 13.4. The number of aromatic nitrogens is 5. The van der Waals surface area contributed by atoms with Gasteiger partial charge >= 0.3 is 11.7 Å². The van der Waals surface area contributed by atoms with Crippen LogP contribution in [0.15, 0.2) is 55.2 Å². The highest BCUT2D eigenvalue weighted by molar-refractivity contribution is 6.36. The summed E-state index contributed by atoms with van der Waals surface area (Å²) in [6.07, 6.45) is 5.50. The predicted molar refractivity (Wildman–Crippen MR) is 143 cm³/mol. The van der Waals surface area contributed by atoms with Gasteiger partial charge in [-0.25, -0.2) is 29.7 Å². The fraction of sp³-hybridized carbons (Fsp3) is 0.0870. The van der Waals surface area contributed by atoms with Crippen LogP contribution in [0.5, 0.6) is 0 Å². The molecule has 4 rings (SSSR count). The number of aromatic carboxylic acids is 1. The third kappa shape index (κ3) is 7.92. The molecule has 0 amide bonds. The van der Waals surface area contributed by atoms with E-state index in [1.165, 1.54) is 43.1 Å². The van der Waals surface area contributed by atoms with Gasteiger partial charge in [0.2, 0.25) is 11.8 Å². The van der Waals surface area contributed by atoms with E-state index in [4.69, 9.17) is 34.2 Å². The maximum atomic E-state index is 11.6. The van der Waals surface area contributed by atoms with E-state index >= 15 is 0 Å². The third-order valence-electron chi connectivity index (χ3n) is 4.71. The van der Waals surface area contributed by atoms with E-state index in [-0.39, 0.29) is 33.7 Å². The van der Waals surface area contributed by atoms with E-state index < -0.39 is 10.9 Å². The molecule has 16 heteroatoms. The number of hydrogen-bond donors (Lipinski definition) is 4. The maximum Gasteiger partial charge on any atom is 0.339 e. The molecule has 0 spiro atoms. The Morgan fingerprint density at radius 2 is 1.82 bits per heavy atom. The fourth-order valence-electron chi connectivity index (χ4n) is 2.95. The number of nitrogens with zero attached hydrogens (tertiary/aromatic N) is 7. The van der Waals surface area contributed by atoms with Crippen molar-refractivity contribution in [3.8, 4) is 17.3 Å². The number of carboxylic acids is 1. The molecule has 39 heavy (non-hydrogen) atoms. The number of anilines is 3. The number of carbonyl (C=O) groups is 1. The Morgan fingerprint density at radius 3 is 2.41 bits per heavy atom. The zero-order chi connectivity index (χ0) is 28.4. The molecule has 1 aromatic carbocycles. The van der Waals surface area contributed by atoms with Crippen molar-refractivity contribution in [2.75, 3.05) is 29.5 Å². The molecule has 4 aromatic rings. The number of nitro groups is 1. The minimum atomic E-state index is -1.20. The fourth-order valence-corrected chi connectivity index (χ4v) is 3.45. The molecule has 198 valence electrons. The molecule has 0 saturated carbocycles. The zero-order valence-corrected chi connectivity index (χ0v) is 21.3. The van der Waals surface area contributed by atoms with Crippen LogP contribution in [0.2, 0.25) is 10.0 Å². The van der Waals surface area contributed by atoms with E-state index in [2.05, 4.69) is 35.6 Å². The standard InChI is InChI=1S/C18H15Cl2N7O4.C5H3N3/c19-9-1-2-10(12(20)7-9)15-11(17(28)29)8-24-18(26-15)23-6-5-22-14-4-3-13(27(30)31)16(21)25-14;6-1-5-2-7-4-8-3-5/h1-4,7-8H,5-6H2,(H,28,29)(H3,21,22,25)(H,23,24,26);2-4H. The second-order valence-corrected chi connectivity index (χ2v) is 8.18. The Balaban J connectivity index is 0.000000449. The summed E-state index contributed by atoms with van der Waals surface area (Å²) >= 11 is 12.1. The van der Waals surface area contributed by atoms with Crippen molar-refractivity contribution < 1.29 is 14.8 Å². The van der Waals surface area contributed by atoms with Gasteiger partial charge in [-0.3, -0.25) is 10.1 Å². The summed E-state index contributed by atoms with van der Waals surface area (Å²) in [5, 5.41) is 35.0. The van der Waals surface area contributed by atoms with Gasteiger partial charge in [-0.15, -0.1) is 0 Å². The smallest absolute Gasteiger partial charge is 0.339 e. The van der Waals surface area contributed by atoms with Gasteiger partial charge in [0.25, 0.3) is 0 Å². The van der Waals surface area contributed by atoms with E-state index in [0.29, 0.717) is 35.1 Å². The highest BCUT2D eigenvalue weighted by atomic mass is 35.5. The van der Waals surface area contributed by atoms with Crippen LogP contribution in [0.3, 0.4) is 0 Å². The molecule has 0 fully saturated rings. The van der Waals surface area contributed by atoms with Crippen LogP contribution in [0, 0.1) is 21.4 Å². The van der Waals surface area contributed by atoms with E-state index in [0.717, 1.165) is 0 Å². The molecule has 14 nitrogen and oxygen atoms in total. The Hall–Kier alpha value is -5.13. The molecule has 0 unspecified atom stereocenters. The molecular weight excluding hydrogens is 551 g/mol. The van der Waals surface area contributed by atoms with Crippen molar-refractivity contribution in [1.82, 2.24) is 24.9 Å². The number of halogens is 2. The number of nitrogens with two attached hydrogens (primary N) is 1. The number of hydrogen-bond acceptors (Lipinski definition) is 12. The first-order valence-electron chi connectivity index (χ1n) is 10.8. The van der Waals surface area contributed by atoms with Gasteiger partial charge in [0.15, 0.2) is 0 Å². The average Bonchev–Trinajstić information content (AvgIpc) is 2.91. The number of nitrogens with one attached hydrogen (secondary N) is 2. The Labute approximate surface area is 230 Å². The number of nitriles is 1. The van der Waals surface area contributed by atoms with Crippen LogP contribution >= 0.6 is 23.2 Å². The predicted octanol–water partition coefficient (Wildman–Crippen LogP) is 3.91. The largest absolute Gasteiger partial charge is 0.478 e. The van der Waals surface area contributed by atoms with Crippen LogP contribution < -0.4 is 16.4 Å². The number of rotatable bonds is 8. The summed E-state index contributed by atoms with van der Waals surface area (Å²) in [4.78, 5) is 41.2. The van der Waals surface area contributed by atoms with E-state index in [1.54, 1.807) is 12.1 Å². The van der Waals surface area contributed by atoms with Crippen molar-refractivity contribution in [2.45, 2.75) is 0 Å². The van der Waals surface area contributed by atoms with Crippen LogP contribution in [-0.4, -0.2) is 54.0 Å². The number of carboxylic acid groups (broad SMARTS) is 1. The first-order valence-corrected chi connectivity index (χ1v) is 11.5. The summed E-state index contributed by atoms with van der Waals surface area (Å²) in [6.45, 7) is 0.685. The van der Waals surface area contributed by atoms with E-state index in [1.807, 2.05) is 6.07 Å². The first kappa shape index (κ1) is 28.4. The van der Waals surface area contributed by atoms with E-state index in [9.17, 15) is 20.0 Å². The summed E-state index contributed by atoms with van der Waals surface area (Å²) in [5.41, 5.74) is 6.20. The lowest BCUT2D eigenvalue weighted by molar-refractivity contribution is -0.384. The number of benzene rings is 1. The number of pyridine rings is 1. The van der Waals surface area contributed by atoms with Crippen molar-refractivity contribution >= 4 is 52.4 Å². The average molecular weight is 569 g/mol. The molecule has 0 saturated heterocycles. The Bertz CT molecular complexity index is 1530. The summed E-state index contributed by atoms with van der Waals surface area (Å²) in [7, 11) is 0. The highest BCUT2D eigenvalue weighted by Crippen LogP contribution is 2.31.